The van der Waals surface area contributed by atoms with Gasteiger partial charge in [-0.2, -0.15) is 0 Å². The predicted octanol–water partition coefficient (Wildman–Crippen LogP) is 3.44. The van der Waals surface area contributed by atoms with Gasteiger partial charge in [-0.3, -0.25) is 9.78 Å². The average molecular weight is 263 g/mol. The molecule has 1 heterocycles. The van der Waals surface area contributed by atoms with Crippen LogP contribution in [0.3, 0.4) is 0 Å². The van der Waals surface area contributed by atoms with Crippen LogP contribution in [0.1, 0.15) is 13.8 Å². The van der Waals surface area contributed by atoms with E-state index in [0.717, 1.165) is 16.6 Å². The summed E-state index contributed by atoms with van der Waals surface area (Å²) in [5.74, 6) is 0.191. The van der Waals surface area contributed by atoms with E-state index in [-0.39, 0.29) is 11.8 Å². The zero-order valence-electron chi connectivity index (χ0n) is 10.4. The van der Waals surface area contributed by atoms with Gasteiger partial charge in [0.05, 0.1) is 16.6 Å². The summed E-state index contributed by atoms with van der Waals surface area (Å²) < 4.78 is 0. The summed E-state index contributed by atoms with van der Waals surface area (Å²) in [7, 11) is 0. The molecule has 0 radical (unpaired) electrons. The van der Waals surface area contributed by atoms with E-state index in [1.54, 1.807) is 6.20 Å². The van der Waals surface area contributed by atoms with Gasteiger partial charge in [0.25, 0.3) is 0 Å². The fourth-order valence-electron chi connectivity index (χ4n) is 1.56. The zero-order chi connectivity index (χ0) is 13.2. The molecule has 0 fully saturated rings. The second-order valence-electron chi connectivity index (χ2n) is 4.85. The Bertz CT molecular complexity index is 576. The Morgan fingerprint density at radius 1 is 1.33 bits per heavy atom. The van der Waals surface area contributed by atoms with Gasteiger partial charge in [0.15, 0.2) is 0 Å². The minimum atomic E-state index is -0.591. The van der Waals surface area contributed by atoms with Crippen LogP contribution in [0.25, 0.3) is 10.9 Å². The Morgan fingerprint density at radius 3 is 2.83 bits per heavy atom. The van der Waals surface area contributed by atoms with Crippen molar-refractivity contribution in [2.24, 2.45) is 5.41 Å². The Labute approximate surface area is 111 Å². The highest BCUT2D eigenvalue weighted by molar-refractivity contribution is 6.20. The molecule has 1 amide bonds. The largest absolute Gasteiger partial charge is 0.325 e. The zero-order valence-corrected chi connectivity index (χ0v) is 11.2. The molecule has 0 atom stereocenters. The lowest BCUT2D eigenvalue weighted by molar-refractivity contribution is -0.122. The number of benzene rings is 1. The third kappa shape index (κ3) is 2.46. The minimum Gasteiger partial charge on any atom is -0.325 e. The molecule has 0 aliphatic carbocycles. The molecular weight excluding hydrogens is 248 g/mol. The summed E-state index contributed by atoms with van der Waals surface area (Å²) in [6, 6.07) is 9.44. The van der Waals surface area contributed by atoms with E-state index in [9.17, 15) is 4.79 Å². The third-order valence-corrected chi connectivity index (χ3v) is 3.51. The number of alkyl halides is 1. The van der Waals surface area contributed by atoms with Gasteiger partial charge < -0.3 is 5.32 Å². The van der Waals surface area contributed by atoms with Crippen LogP contribution in [-0.4, -0.2) is 16.8 Å². The van der Waals surface area contributed by atoms with Crippen molar-refractivity contribution in [2.45, 2.75) is 13.8 Å². The van der Waals surface area contributed by atoms with Crippen LogP contribution < -0.4 is 5.32 Å². The number of fused-ring (bicyclic) bond motifs is 1. The quantitative estimate of drug-likeness (QED) is 0.861. The van der Waals surface area contributed by atoms with E-state index >= 15 is 0 Å². The number of amides is 1. The van der Waals surface area contributed by atoms with E-state index in [0.29, 0.717) is 0 Å². The number of nitrogens with one attached hydrogen (secondary N) is 1. The first-order chi connectivity index (χ1) is 8.54. The lowest BCUT2D eigenvalue weighted by atomic mass is 9.95. The number of nitrogens with zero attached hydrogens (tertiary/aromatic N) is 1. The maximum Gasteiger partial charge on any atom is 0.231 e. The van der Waals surface area contributed by atoms with Gasteiger partial charge in [-0.15, -0.1) is 11.6 Å². The van der Waals surface area contributed by atoms with Crippen molar-refractivity contribution in [1.82, 2.24) is 4.98 Å². The van der Waals surface area contributed by atoms with Crippen LogP contribution in [0, 0.1) is 5.41 Å². The number of carbonyl (C=O) groups is 1. The standard InChI is InChI=1S/C14H15ClN2O/c1-14(2,9-15)13(18)17-12-7-3-6-11-10(12)5-4-8-16-11/h3-8H,9H2,1-2H3,(H,17,18). The van der Waals surface area contributed by atoms with Gasteiger partial charge in [0, 0.05) is 17.5 Å². The van der Waals surface area contributed by atoms with Crippen LogP contribution in [0.4, 0.5) is 5.69 Å². The van der Waals surface area contributed by atoms with Crippen LogP contribution in [0.15, 0.2) is 36.5 Å². The molecule has 1 aromatic carbocycles. The highest BCUT2D eigenvalue weighted by Crippen LogP contribution is 2.25. The number of hydrogen-bond donors (Lipinski definition) is 1. The Kier molecular flexibility index (Phi) is 3.53. The molecule has 0 bridgehead atoms. The molecule has 94 valence electrons. The molecule has 0 aliphatic heterocycles. The van der Waals surface area contributed by atoms with Crippen LogP contribution >= 0.6 is 11.6 Å². The van der Waals surface area contributed by atoms with Crippen molar-refractivity contribution in [3.05, 3.63) is 36.5 Å². The molecule has 1 aromatic heterocycles. The molecule has 18 heavy (non-hydrogen) atoms. The SMILES string of the molecule is CC(C)(CCl)C(=O)Nc1cccc2ncccc12. The van der Waals surface area contributed by atoms with Gasteiger partial charge in [-0.25, -0.2) is 0 Å². The predicted molar refractivity (Wildman–Crippen MR) is 74.9 cm³/mol. The fraction of sp³-hybridized carbons (Fsp3) is 0.286. The molecule has 4 heteroatoms. The summed E-state index contributed by atoms with van der Waals surface area (Å²) in [4.78, 5) is 16.3. The van der Waals surface area contributed by atoms with Gasteiger partial charge in [0.2, 0.25) is 5.91 Å². The summed E-state index contributed by atoms with van der Waals surface area (Å²) in [6.45, 7) is 3.64. The Morgan fingerprint density at radius 2 is 2.11 bits per heavy atom. The third-order valence-electron chi connectivity index (χ3n) is 2.84. The number of pyridine rings is 1. The van der Waals surface area contributed by atoms with Gasteiger partial charge >= 0.3 is 0 Å². The molecule has 0 saturated heterocycles. The van der Waals surface area contributed by atoms with Crippen LogP contribution in [0.2, 0.25) is 0 Å². The highest BCUT2D eigenvalue weighted by Gasteiger charge is 2.26. The number of hydrogen-bond acceptors (Lipinski definition) is 2. The first-order valence-electron chi connectivity index (χ1n) is 5.76. The van der Waals surface area contributed by atoms with E-state index in [1.807, 2.05) is 44.2 Å². The van der Waals surface area contributed by atoms with E-state index in [4.69, 9.17) is 11.6 Å². The van der Waals surface area contributed by atoms with Gasteiger partial charge in [-0.05, 0) is 38.1 Å². The lowest BCUT2D eigenvalue weighted by Crippen LogP contribution is -2.32. The molecular formula is C14H15ClN2O. The molecule has 0 spiro atoms. The Hall–Kier alpha value is -1.61. The number of rotatable bonds is 3. The summed E-state index contributed by atoms with van der Waals surface area (Å²) in [5, 5.41) is 3.84. The molecule has 3 nitrogen and oxygen atoms in total. The van der Waals surface area contributed by atoms with Crippen molar-refractivity contribution in [3.8, 4) is 0 Å². The molecule has 2 aromatic rings. The number of carbonyl (C=O) groups excluding carboxylic acids is 1. The summed E-state index contributed by atoms with van der Waals surface area (Å²) in [6.07, 6.45) is 1.73. The topological polar surface area (TPSA) is 42.0 Å². The van der Waals surface area contributed by atoms with Crippen LogP contribution in [-0.2, 0) is 4.79 Å². The van der Waals surface area contributed by atoms with Crippen molar-refractivity contribution in [1.29, 1.82) is 0 Å². The van der Waals surface area contributed by atoms with Gasteiger partial charge in [-0.1, -0.05) is 6.07 Å². The van der Waals surface area contributed by atoms with E-state index < -0.39 is 5.41 Å². The molecule has 0 saturated carbocycles. The molecule has 0 aliphatic rings. The first-order valence-corrected chi connectivity index (χ1v) is 6.29. The maximum atomic E-state index is 12.1. The lowest BCUT2D eigenvalue weighted by Gasteiger charge is -2.20. The summed E-state index contributed by atoms with van der Waals surface area (Å²) >= 11 is 5.80. The number of halogens is 1. The highest BCUT2D eigenvalue weighted by atomic mass is 35.5. The Balaban J connectivity index is 2.36. The van der Waals surface area contributed by atoms with Crippen molar-refractivity contribution in [2.75, 3.05) is 11.2 Å². The number of aromatic nitrogens is 1. The fourth-order valence-corrected chi connectivity index (χ4v) is 1.69. The molecule has 1 N–H and O–H groups in total. The van der Waals surface area contributed by atoms with E-state index in [2.05, 4.69) is 10.3 Å². The monoisotopic (exact) mass is 262 g/mol. The normalized spacial score (nSPS) is 11.5. The van der Waals surface area contributed by atoms with Crippen molar-refractivity contribution < 1.29 is 4.79 Å². The smallest absolute Gasteiger partial charge is 0.231 e. The first kappa shape index (κ1) is 12.8. The second kappa shape index (κ2) is 4.94. The molecule has 0 unspecified atom stereocenters. The minimum absolute atomic E-state index is 0.0890. The van der Waals surface area contributed by atoms with Crippen molar-refractivity contribution in [3.63, 3.8) is 0 Å². The second-order valence-corrected chi connectivity index (χ2v) is 5.11. The van der Waals surface area contributed by atoms with E-state index in [1.165, 1.54) is 0 Å². The van der Waals surface area contributed by atoms with Gasteiger partial charge in [0.1, 0.15) is 0 Å². The number of anilines is 1. The maximum absolute atomic E-state index is 12.1. The van der Waals surface area contributed by atoms with Crippen LogP contribution in [0.5, 0.6) is 0 Å². The summed E-state index contributed by atoms with van der Waals surface area (Å²) in [5.41, 5.74) is 1.04. The average Bonchev–Trinajstić information content (AvgIpc) is 2.39. The van der Waals surface area contributed by atoms with Crippen molar-refractivity contribution >= 4 is 34.1 Å². The molecule has 2 rings (SSSR count).